The average molecular weight is 370 g/mol. The van der Waals surface area contributed by atoms with Gasteiger partial charge in [-0.25, -0.2) is 4.98 Å². The second-order valence-electron chi connectivity index (χ2n) is 6.54. The SMILES string of the molecule is Cn1c(-c2nc(C(=O)N3CCN(CCO)CC3)cs2)cc2ccccc21. The van der Waals surface area contributed by atoms with Gasteiger partial charge in [0, 0.05) is 56.1 Å². The molecule has 1 aliphatic heterocycles. The summed E-state index contributed by atoms with van der Waals surface area (Å²) in [7, 11) is 2.03. The van der Waals surface area contributed by atoms with E-state index in [2.05, 4.69) is 32.7 Å². The Morgan fingerprint density at radius 1 is 1.23 bits per heavy atom. The van der Waals surface area contributed by atoms with Gasteiger partial charge in [0.2, 0.25) is 0 Å². The summed E-state index contributed by atoms with van der Waals surface area (Å²) in [5, 5.41) is 12.9. The number of nitrogens with zero attached hydrogens (tertiary/aromatic N) is 4. The monoisotopic (exact) mass is 370 g/mol. The quantitative estimate of drug-likeness (QED) is 0.764. The molecule has 0 aliphatic carbocycles. The Hall–Kier alpha value is -2.22. The second-order valence-corrected chi connectivity index (χ2v) is 7.40. The third kappa shape index (κ3) is 3.13. The number of hydrogen-bond donors (Lipinski definition) is 1. The van der Waals surface area contributed by atoms with Gasteiger partial charge in [0.05, 0.1) is 12.3 Å². The number of β-amino-alcohol motifs (C(OH)–C–C–N with tert-alkyl or cyclic N) is 1. The molecule has 136 valence electrons. The van der Waals surface area contributed by atoms with Gasteiger partial charge in [0.15, 0.2) is 0 Å². The highest BCUT2D eigenvalue weighted by Crippen LogP contribution is 2.29. The smallest absolute Gasteiger partial charge is 0.273 e. The lowest BCUT2D eigenvalue weighted by Crippen LogP contribution is -2.49. The highest BCUT2D eigenvalue weighted by molar-refractivity contribution is 7.13. The van der Waals surface area contributed by atoms with Gasteiger partial charge in [-0.1, -0.05) is 18.2 Å². The minimum absolute atomic E-state index is 0.00471. The van der Waals surface area contributed by atoms with E-state index in [-0.39, 0.29) is 12.5 Å². The Morgan fingerprint density at radius 3 is 2.73 bits per heavy atom. The van der Waals surface area contributed by atoms with Crippen LogP contribution in [0.25, 0.3) is 21.6 Å². The molecular formula is C19H22N4O2S. The molecule has 0 atom stereocenters. The number of para-hydroxylation sites is 1. The number of fused-ring (bicyclic) bond motifs is 1. The molecule has 0 unspecified atom stereocenters. The van der Waals surface area contributed by atoms with E-state index in [1.165, 1.54) is 16.7 Å². The lowest BCUT2D eigenvalue weighted by atomic mass is 10.2. The van der Waals surface area contributed by atoms with Crippen LogP contribution in [-0.4, -0.2) is 69.7 Å². The van der Waals surface area contributed by atoms with Gasteiger partial charge in [-0.15, -0.1) is 11.3 Å². The van der Waals surface area contributed by atoms with Crippen LogP contribution in [0.4, 0.5) is 0 Å². The van der Waals surface area contributed by atoms with Crippen LogP contribution in [0.5, 0.6) is 0 Å². The maximum atomic E-state index is 12.8. The number of aliphatic hydroxyl groups is 1. The number of benzene rings is 1. The third-order valence-corrected chi connectivity index (χ3v) is 5.83. The highest BCUT2D eigenvalue weighted by Gasteiger charge is 2.24. The molecule has 1 N–H and O–H groups in total. The molecule has 0 spiro atoms. The lowest BCUT2D eigenvalue weighted by molar-refractivity contribution is 0.0610. The van der Waals surface area contributed by atoms with E-state index in [1.54, 1.807) is 0 Å². The first kappa shape index (κ1) is 17.2. The number of hydrogen-bond acceptors (Lipinski definition) is 5. The topological polar surface area (TPSA) is 61.6 Å². The van der Waals surface area contributed by atoms with Crippen molar-refractivity contribution in [3.63, 3.8) is 0 Å². The molecule has 3 aromatic rings. The highest BCUT2D eigenvalue weighted by atomic mass is 32.1. The number of aryl methyl sites for hydroxylation is 1. The number of thiazole rings is 1. The van der Waals surface area contributed by atoms with E-state index in [0.717, 1.165) is 29.3 Å². The Morgan fingerprint density at radius 2 is 2.00 bits per heavy atom. The van der Waals surface area contributed by atoms with Gasteiger partial charge in [0.25, 0.3) is 5.91 Å². The average Bonchev–Trinajstić information content (AvgIpc) is 3.27. The molecule has 3 heterocycles. The summed E-state index contributed by atoms with van der Waals surface area (Å²) < 4.78 is 2.12. The van der Waals surface area contributed by atoms with Crippen LogP contribution in [0.2, 0.25) is 0 Å². The van der Waals surface area contributed by atoms with Crippen molar-refractivity contribution in [3.05, 3.63) is 41.4 Å². The van der Waals surface area contributed by atoms with Crippen LogP contribution in [0.1, 0.15) is 10.5 Å². The van der Waals surface area contributed by atoms with Crippen LogP contribution in [0.15, 0.2) is 35.7 Å². The van der Waals surface area contributed by atoms with Crippen molar-refractivity contribution in [2.75, 3.05) is 39.3 Å². The molecule has 2 aromatic heterocycles. The van der Waals surface area contributed by atoms with E-state index in [4.69, 9.17) is 5.11 Å². The molecule has 1 aromatic carbocycles. The molecule has 1 saturated heterocycles. The van der Waals surface area contributed by atoms with Gasteiger partial charge in [-0.3, -0.25) is 9.69 Å². The van der Waals surface area contributed by atoms with Crippen molar-refractivity contribution in [2.45, 2.75) is 0 Å². The number of amides is 1. The molecule has 7 heteroatoms. The number of aromatic nitrogens is 2. The normalized spacial score (nSPS) is 15.7. The van der Waals surface area contributed by atoms with E-state index in [9.17, 15) is 4.79 Å². The number of carbonyl (C=O) groups excluding carboxylic acids is 1. The molecule has 1 aliphatic rings. The predicted octanol–water partition coefficient (Wildman–Crippen LogP) is 2.05. The predicted molar refractivity (Wildman–Crippen MR) is 103 cm³/mol. The van der Waals surface area contributed by atoms with Crippen LogP contribution in [0.3, 0.4) is 0 Å². The largest absolute Gasteiger partial charge is 0.395 e. The number of rotatable bonds is 4. The molecule has 26 heavy (non-hydrogen) atoms. The van der Waals surface area contributed by atoms with Crippen molar-refractivity contribution in [1.29, 1.82) is 0 Å². The molecule has 4 rings (SSSR count). The summed E-state index contributed by atoms with van der Waals surface area (Å²) in [4.78, 5) is 21.4. The fourth-order valence-electron chi connectivity index (χ4n) is 3.46. The van der Waals surface area contributed by atoms with E-state index in [1.807, 2.05) is 29.5 Å². The fraction of sp³-hybridized carbons (Fsp3) is 0.368. The van der Waals surface area contributed by atoms with Crippen LogP contribution < -0.4 is 0 Å². The summed E-state index contributed by atoms with van der Waals surface area (Å²) in [6, 6.07) is 10.4. The first-order valence-electron chi connectivity index (χ1n) is 8.80. The summed E-state index contributed by atoms with van der Waals surface area (Å²) in [5.74, 6) is -0.00471. The standard InChI is InChI=1S/C19H22N4O2S/c1-21-16-5-3-2-4-14(16)12-17(21)18-20-15(13-26-18)19(25)23-8-6-22(7-9-23)10-11-24/h2-5,12-13,24H,6-11H2,1H3. The zero-order valence-electron chi connectivity index (χ0n) is 14.8. The fourth-order valence-corrected chi connectivity index (χ4v) is 4.31. The first-order valence-corrected chi connectivity index (χ1v) is 9.68. The van der Waals surface area contributed by atoms with Crippen LogP contribution in [-0.2, 0) is 7.05 Å². The minimum Gasteiger partial charge on any atom is -0.395 e. The Bertz CT molecular complexity index is 925. The van der Waals surface area contributed by atoms with Gasteiger partial charge in [-0.05, 0) is 12.1 Å². The third-order valence-electron chi connectivity index (χ3n) is 4.97. The molecule has 1 fully saturated rings. The summed E-state index contributed by atoms with van der Waals surface area (Å²) in [6.45, 7) is 3.79. The van der Waals surface area contributed by atoms with E-state index in [0.29, 0.717) is 25.3 Å². The number of piperazine rings is 1. The van der Waals surface area contributed by atoms with Crippen molar-refractivity contribution in [3.8, 4) is 10.7 Å². The molecule has 6 nitrogen and oxygen atoms in total. The minimum atomic E-state index is -0.00471. The molecule has 0 bridgehead atoms. The van der Waals surface area contributed by atoms with Gasteiger partial charge >= 0.3 is 0 Å². The van der Waals surface area contributed by atoms with Crippen LogP contribution >= 0.6 is 11.3 Å². The van der Waals surface area contributed by atoms with Crippen molar-refractivity contribution < 1.29 is 9.90 Å². The van der Waals surface area contributed by atoms with Crippen molar-refractivity contribution in [2.24, 2.45) is 7.05 Å². The summed E-state index contributed by atoms with van der Waals surface area (Å²) in [6.07, 6.45) is 0. The zero-order valence-corrected chi connectivity index (χ0v) is 15.6. The van der Waals surface area contributed by atoms with Crippen molar-refractivity contribution in [1.82, 2.24) is 19.4 Å². The maximum absolute atomic E-state index is 12.8. The summed E-state index contributed by atoms with van der Waals surface area (Å²) in [5.41, 5.74) is 2.71. The Labute approximate surface area is 156 Å². The Kier molecular flexibility index (Phi) is 4.76. The van der Waals surface area contributed by atoms with Crippen molar-refractivity contribution >= 4 is 28.1 Å². The molecule has 1 amide bonds. The first-order chi connectivity index (χ1) is 12.7. The number of aliphatic hydroxyl groups excluding tert-OH is 1. The van der Waals surface area contributed by atoms with Crippen LogP contribution in [0, 0.1) is 0 Å². The zero-order chi connectivity index (χ0) is 18.1. The Balaban J connectivity index is 1.52. The molecular weight excluding hydrogens is 348 g/mol. The van der Waals surface area contributed by atoms with E-state index >= 15 is 0 Å². The molecule has 0 saturated carbocycles. The van der Waals surface area contributed by atoms with E-state index < -0.39 is 0 Å². The lowest BCUT2D eigenvalue weighted by Gasteiger charge is -2.33. The molecule has 0 radical (unpaired) electrons. The maximum Gasteiger partial charge on any atom is 0.273 e. The van der Waals surface area contributed by atoms with Gasteiger partial charge < -0.3 is 14.6 Å². The summed E-state index contributed by atoms with van der Waals surface area (Å²) >= 11 is 1.51. The second kappa shape index (κ2) is 7.19. The number of carbonyl (C=O) groups is 1. The van der Waals surface area contributed by atoms with Gasteiger partial charge in [-0.2, -0.15) is 0 Å². The van der Waals surface area contributed by atoms with Gasteiger partial charge in [0.1, 0.15) is 10.7 Å².